The third-order valence-electron chi connectivity index (χ3n) is 2.84. The Kier molecular flexibility index (Phi) is 5.44. The third-order valence-corrected chi connectivity index (χ3v) is 3.07. The topological polar surface area (TPSA) is 77.1 Å². The Balaban J connectivity index is 2.79. The summed E-state index contributed by atoms with van der Waals surface area (Å²) in [6.07, 6.45) is 0.710. The summed E-state index contributed by atoms with van der Waals surface area (Å²) in [6.45, 7) is 4.40. The molecule has 1 rings (SSSR count). The normalized spacial score (nSPS) is 12.5. The van der Waals surface area contributed by atoms with Crippen molar-refractivity contribution < 1.29 is 14.7 Å². The molecule has 0 saturated heterocycles. The molecule has 0 atom stereocenters. The molecule has 0 saturated carbocycles. The predicted octanol–water partition coefficient (Wildman–Crippen LogP) is 2.63. The van der Waals surface area contributed by atoms with Crippen molar-refractivity contribution >= 4 is 17.4 Å². The summed E-state index contributed by atoms with van der Waals surface area (Å²) in [5, 5.41) is 12.2. The zero-order chi connectivity index (χ0) is 14.5. The lowest BCUT2D eigenvalue weighted by Gasteiger charge is -2.23. The number of hydrogen-bond acceptors (Lipinski definition) is 4. The Morgan fingerprint density at radius 1 is 1.47 bits per heavy atom. The highest BCUT2D eigenvalue weighted by Gasteiger charge is 2.17. The first-order valence-electron chi connectivity index (χ1n) is 5.85. The summed E-state index contributed by atoms with van der Waals surface area (Å²) in [7, 11) is 1.66. The van der Waals surface area contributed by atoms with Crippen LogP contribution in [0.4, 0.5) is 0 Å². The van der Waals surface area contributed by atoms with E-state index in [0.29, 0.717) is 29.4 Å². The molecule has 5 nitrogen and oxygen atoms in total. The molecule has 0 amide bonds. The molecule has 0 bridgehead atoms. The van der Waals surface area contributed by atoms with Gasteiger partial charge in [0, 0.05) is 18.6 Å². The molecule has 0 spiro atoms. The molecular weight excluding hydrogens is 268 g/mol. The van der Waals surface area contributed by atoms with Gasteiger partial charge in [0.05, 0.1) is 17.8 Å². The molecule has 0 heterocycles. The van der Waals surface area contributed by atoms with E-state index in [2.05, 4.69) is 5.16 Å². The average Bonchev–Trinajstić information content (AvgIpc) is 2.39. The maximum absolute atomic E-state index is 8.74. The summed E-state index contributed by atoms with van der Waals surface area (Å²) >= 11 is 5.88. The van der Waals surface area contributed by atoms with Crippen LogP contribution >= 0.6 is 11.6 Å². The van der Waals surface area contributed by atoms with Crippen molar-refractivity contribution in [2.45, 2.75) is 25.9 Å². The monoisotopic (exact) mass is 286 g/mol. The second kappa shape index (κ2) is 6.63. The number of amidine groups is 1. The van der Waals surface area contributed by atoms with Gasteiger partial charge in [-0.15, -0.1) is 0 Å². The number of nitrogens with zero attached hydrogens (tertiary/aromatic N) is 1. The van der Waals surface area contributed by atoms with E-state index in [1.807, 2.05) is 13.8 Å². The Morgan fingerprint density at radius 2 is 2.16 bits per heavy atom. The second-order valence-corrected chi connectivity index (χ2v) is 5.12. The van der Waals surface area contributed by atoms with Gasteiger partial charge >= 0.3 is 0 Å². The van der Waals surface area contributed by atoms with Crippen LogP contribution in [0.5, 0.6) is 5.75 Å². The zero-order valence-corrected chi connectivity index (χ0v) is 12.1. The van der Waals surface area contributed by atoms with Gasteiger partial charge in [0.15, 0.2) is 5.84 Å². The number of ether oxygens (including phenoxy) is 2. The van der Waals surface area contributed by atoms with Crippen molar-refractivity contribution in [2.75, 3.05) is 13.7 Å². The zero-order valence-electron chi connectivity index (χ0n) is 11.3. The van der Waals surface area contributed by atoms with Gasteiger partial charge < -0.3 is 20.4 Å². The highest BCUT2D eigenvalue weighted by Crippen LogP contribution is 2.24. The molecule has 0 aromatic heterocycles. The summed E-state index contributed by atoms with van der Waals surface area (Å²) in [4.78, 5) is 0. The van der Waals surface area contributed by atoms with E-state index in [1.54, 1.807) is 25.3 Å². The predicted molar refractivity (Wildman–Crippen MR) is 75.2 cm³/mol. The fraction of sp³-hybridized carbons (Fsp3) is 0.462. The number of halogens is 1. The van der Waals surface area contributed by atoms with Crippen LogP contribution in [-0.2, 0) is 4.74 Å². The van der Waals surface area contributed by atoms with E-state index in [1.165, 1.54) is 0 Å². The lowest BCUT2D eigenvalue weighted by Crippen LogP contribution is -2.25. The van der Waals surface area contributed by atoms with Gasteiger partial charge in [-0.2, -0.15) is 0 Å². The Bertz CT molecular complexity index is 461. The van der Waals surface area contributed by atoms with Crippen molar-refractivity contribution in [3.05, 3.63) is 28.8 Å². The molecule has 3 N–H and O–H groups in total. The van der Waals surface area contributed by atoms with Crippen LogP contribution in [0.3, 0.4) is 0 Å². The van der Waals surface area contributed by atoms with Crippen molar-refractivity contribution in [1.29, 1.82) is 0 Å². The quantitative estimate of drug-likeness (QED) is 0.365. The Hall–Kier alpha value is -1.46. The largest absolute Gasteiger partial charge is 0.493 e. The van der Waals surface area contributed by atoms with E-state index in [0.717, 1.165) is 0 Å². The van der Waals surface area contributed by atoms with Gasteiger partial charge in [-0.25, -0.2) is 0 Å². The van der Waals surface area contributed by atoms with Gasteiger partial charge in [-0.05, 0) is 32.0 Å². The molecule has 1 aromatic carbocycles. The van der Waals surface area contributed by atoms with E-state index in [-0.39, 0.29) is 11.4 Å². The Labute approximate surface area is 117 Å². The number of rotatable bonds is 6. The first kappa shape index (κ1) is 15.6. The number of methoxy groups -OCH3 is 1. The van der Waals surface area contributed by atoms with Gasteiger partial charge in [0.1, 0.15) is 5.75 Å². The lowest BCUT2D eigenvalue weighted by molar-refractivity contribution is 0.00544. The van der Waals surface area contributed by atoms with Gasteiger partial charge in [0.25, 0.3) is 0 Å². The SMILES string of the molecule is COC(C)(C)CCOc1ccc(Cl)cc1/C(N)=N/O. The van der Waals surface area contributed by atoms with E-state index in [4.69, 9.17) is 32.0 Å². The summed E-state index contributed by atoms with van der Waals surface area (Å²) in [5.74, 6) is 0.482. The van der Waals surface area contributed by atoms with E-state index >= 15 is 0 Å². The molecule has 6 heteroatoms. The number of benzene rings is 1. The lowest BCUT2D eigenvalue weighted by atomic mass is 10.1. The molecule has 0 aliphatic rings. The molecular formula is C13H19ClN2O3. The minimum atomic E-state index is -0.261. The number of hydrogen-bond donors (Lipinski definition) is 2. The maximum atomic E-state index is 8.74. The van der Waals surface area contributed by atoms with E-state index < -0.39 is 0 Å². The molecule has 19 heavy (non-hydrogen) atoms. The summed E-state index contributed by atoms with van der Waals surface area (Å²) < 4.78 is 10.9. The van der Waals surface area contributed by atoms with Crippen LogP contribution in [-0.4, -0.2) is 30.4 Å². The van der Waals surface area contributed by atoms with Crippen LogP contribution in [0.1, 0.15) is 25.8 Å². The number of nitrogens with two attached hydrogens (primary N) is 1. The smallest absolute Gasteiger partial charge is 0.173 e. The first-order valence-corrected chi connectivity index (χ1v) is 6.23. The summed E-state index contributed by atoms with van der Waals surface area (Å²) in [5.41, 5.74) is 5.79. The average molecular weight is 287 g/mol. The van der Waals surface area contributed by atoms with Crippen molar-refractivity contribution in [2.24, 2.45) is 10.9 Å². The van der Waals surface area contributed by atoms with Crippen LogP contribution in [0.25, 0.3) is 0 Å². The highest BCUT2D eigenvalue weighted by molar-refractivity contribution is 6.31. The summed E-state index contributed by atoms with van der Waals surface area (Å²) in [6, 6.07) is 4.97. The second-order valence-electron chi connectivity index (χ2n) is 4.69. The van der Waals surface area contributed by atoms with Gasteiger partial charge in [-0.1, -0.05) is 16.8 Å². The van der Waals surface area contributed by atoms with Gasteiger partial charge in [-0.3, -0.25) is 0 Å². The fourth-order valence-corrected chi connectivity index (χ4v) is 1.56. The molecule has 1 aromatic rings. The van der Waals surface area contributed by atoms with Crippen LogP contribution in [0.15, 0.2) is 23.4 Å². The molecule has 0 radical (unpaired) electrons. The minimum absolute atomic E-state index is 0.0384. The van der Waals surface area contributed by atoms with Crippen molar-refractivity contribution in [3.8, 4) is 5.75 Å². The molecule has 106 valence electrons. The van der Waals surface area contributed by atoms with Crippen molar-refractivity contribution in [3.63, 3.8) is 0 Å². The molecule has 0 unspecified atom stereocenters. The van der Waals surface area contributed by atoms with E-state index in [9.17, 15) is 0 Å². The van der Waals surface area contributed by atoms with Crippen molar-refractivity contribution in [1.82, 2.24) is 0 Å². The van der Waals surface area contributed by atoms with Crippen LogP contribution in [0.2, 0.25) is 5.02 Å². The maximum Gasteiger partial charge on any atom is 0.173 e. The first-order chi connectivity index (χ1) is 8.89. The molecule has 0 aliphatic heterocycles. The molecule has 0 aliphatic carbocycles. The van der Waals surface area contributed by atoms with Gasteiger partial charge in [0.2, 0.25) is 0 Å². The standard InChI is InChI=1S/C13H19ClN2O3/c1-13(2,18-3)6-7-19-11-5-4-9(14)8-10(11)12(15)16-17/h4-5,8,17H,6-7H2,1-3H3,(H2,15,16). The highest BCUT2D eigenvalue weighted by atomic mass is 35.5. The van der Waals surface area contributed by atoms with Crippen LogP contribution in [0, 0.1) is 0 Å². The Morgan fingerprint density at radius 3 is 2.74 bits per heavy atom. The fourth-order valence-electron chi connectivity index (χ4n) is 1.39. The minimum Gasteiger partial charge on any atom is -0.493 e. The van der Waals surface area contributed by atoms with Crippen LogP contribution < -0.4 is 10.5 Å². The third kappa shape index (κ3) is 4.61. The molecule has 0 fully saturated rings. The number of oxime groups is 1.